The maximum Gasteiger partial charge on any atom is 0.123 e. The number of hydrogen-bond donors (Lipinski definition) is 1. The molecule has 2 rings (SSSR count). The van der Waals surface area contributed by atoms with Crippen molar-refractivity contribution >= 4 is 11.6 Å². The Morgan fingerprint density at radius 2 is 1.59 bits per heavy atom. The Bertz CT molecular complexity index is 513. The van der Waals surface area contributed by atoms with E-state index in [1.54, 1.807) is 7.11 Å². The Hall–Kier alpha value is -1.51. The van der Waals surface area contributed by atoms with E-state index in [1.165, 1.54) is 0 Å². The molecule has 0 bridgehead atoms. The fourth-order valence-electron chi connectivity index (χ4n) is 1.82. The lowest BCUT2D eigenvalue weighted by molar-refractivity contribution is 0.408. The lowest BCUT2D eigenvalue weighted by atomic mass is 9.99. The standard InChI is InChI=1S/C14H14ClNO/c1-17-13-9-5-3-7-11(13)14(16)10-6-2-4-8-12(10)15/h2-9,14H,16H2,1H3/t14-/m1/s1. The quantitative estimate of drug-likeness (QED) is 0.902. The first kappa shape index (κ1) is 12.0. The summed E-state index contributed by atoms with van der Waals surface area (Å²) in [5, 5.41) is 0.672. The molecule has 2 aromatic carbocycles. The Labute approximate surface area is 106 Å². The first-order valence-electron chi connectivity index (χ1n) is 5.37. The van der Waals surface area contributed by atoms with Crippen molar-refractivity contribution in [2.45, 2.75) is 6.04 Å². The van der Waals surface area contributed by atoms with Crippen LogP contribution in [-0.4, -0.2) is 7.11 Å². The van der Waals surface area contributed by atoms with Gasteiger partial charge in [0.2, 0.25) is 0 Å². The molecule has 2 aromatic rings. The van der Waals surface area contributed by atoms with Crippen LogP contribution >= 0.6 is 11.6 Å². The van der Waals surface area contributed by atoms with Crippen LogP contribution < -0.4 is 10.5 Å². The molecule has 0 saturated carbocycles. The van der Waals surface area contributed by atoms with Crippen LogP contribution in [0, 0.1) is 0 Å². The van der Waals surface area contributed by atoms with Gasteiger partial charge in [-0.2, -0.15) is 0 Å². The molecular weight excluding hydrogens is 234 g/mol. The van der Waals surface area contributed by atoms with Crippen molar-refractivity contribution in [1.82, 2.24) is 0 Å². The van der Waals surface area contributed by atoms with Gasteiger partial charge in [-0.05, 0) is 17.7 Å². The highest BCUT2D eigenvalue weighted by molar-refractivity contribution is 6.31. The third-order valence-corrected chi connectivity index (χ3v) is 3.06. The van der Waals surface area contributed by atoms with Crippen LogP contribution in [0.1, 0.15) is 17.2 Å². The number of hydrogen-bond acceptors (Lipinski definition) is 2. The third-order valence-electron chi connectivity index (χ3n) is 2.71. The summed E-state index contributed by atoms with van der Waals surface area (Å²) in [5.74, 6) is 0.778. The average molecular weight is 248 g/mol. The zero-order chi connectivity index (χ0) is 12.3. The molecule has 0 amide bonds. The number of methoxy groups -OCH3 is 1. The summed E-state index contributed by atoms with van der Waals surface area (Å²) in [6, 6.07) is 15.0. The maximum atomic E-state index is 6.23. The molecule has 0 aliphatic heterocycles. The van der Waals surface area contributed by atoms with Gasteiger partial charge in [-0.1, -0.05) is 48.0 Å². The highest BCUT2D eigenvalue weighted by Gasteiger charge is 2.15. The second kappa shape index (κ2) is 5.21. The summed E-state index contributed by atoms with van der Waals surface area (Å²) in [5.41, 5.74) is 8.06. The van der Waals surface area contributed by atoms with Crippen LogP contribution in [-0.2, 0) is 0 Å². The zero-order valence-corrected chi connectivity index (χ0v) is 10.3. The van der Waals surface area contributed by atoms with Crippen molar-refractivity contribution in [3.05, 3.63) is 64.7 Å². The first-order valence-corrected chi connectivity index (χ1v) is 5.74. The van der Waals surface area contributed by atoms with Gasteiger partial charge in [0.05, 0.1) is 13.2 Å². The maximum absolute atomic E-state index is 6.23. The van der Waals surface area contributed by atoms with E-state index in [4.69, 9.17) is 22.1 Å². The molecule has 0 unspecified atom stereocenters. The number of para-hydroxylation sites is 1. The van der Waals surface area contributed by atoms with Gasteiger partial charge >= 0.3 is 0 Å². The highest BCUT2D eigenvalue weighted by Crippen LogP contribution is 2.31. The smallest absolute Gasteiger partial charge is 0.123 e. The molecule has 0 aliphatic carbocycles. The molecule has 17 heavy (non-hydrogen) atoms. The third kappa shape index (κ3) is 2.43. The minimum Gasteiger partial charge on any atom is -0.496 e. The summed E-state index contributed by atoms with van der Waals surface area (Å²) in [7, 11) is 1.64. The number of benzene rings is 2. The average Bonchev–Trinajstić information content (AvgIpc) is 2.38. The molecule has 0 heterocycles. The van der Waals surface area contributed by atoms with Crippen LogP contribution in [0.15, 0.2) is 48.5 Å². The fourth-order valence-corrected chi connectivity index (χ4v) is 2.07. The van der Waals surface area contributed by atoms with E-state index in [1.807, 2.05) is 48.5 Å². The molecule has 0 spiro atoms. The summed E-state index contributed by atoms with van der Waals surface area (Å²) in [4.78, 5) is 0. The molecule has 0 aromatic heterocycles. The van der Waals surface area contributed by atoms with Crippen molar-refractivity contribution in [3.63, 3.8) is 0 Å². The van der Waals surface area contributed by atoms with Crippen LogP contribution in [0.4, 0.5) is 0 Å². The highest BCUT2D eigenvalue weighted by atomic mass is 35.5. The molecule has 0 saturated heterocycles. The predicted octanol–water partition coefficient (Wildman–Crippen LogP) is 3.40. The van der Waals surface area contributed by atoms with Gasteiger partial charge < -0.3 is 10.5 Å². The van der Waals surface area contributed by atoms with Crippen molar-refractivity contribution in [1.29, 1.82) is 0 Å². The van der Waals surface area contributed by atoms with E-state index in [9.17, 15) is 0 Å². The van der Waals surface area contributed by atoms with Crippen LogP contribution in [0.2, 0.25) is 5.02 Å². The monoisotopic (exact) mass is 247 g/mol. The van der Waals surface area contributed by atoms with Crippen LogP contribution in [0.3, 0.4) is 0 Å². The Morgan fingerprint density at radius 1 is 1.00 bits per heavy atom. The molecule has 0 fully saturated rings. The van der Waals surface area contributed by atoms with Gasteiger partial charge in [-0.3, -0.25) is 0 Å². The molecule has 88 valence electrons. The predicted molar refractivity (Wildman–Crippen MR) is 70.5 cm³/mol. The Morgan fingerprint density at radius 3 is 2.24 bits per heavy atom. The van der Waals surface area contributed by atoms with E-state index in [0.29, 0.717) is 5.02 Å². The largest absolute Gasteiger partial charge is 0.496 e. The molecular formula is C14H14ClNO. The normalized spacial score (nSPS) is 12.2. The second-order valence-electron chi connectivity index (χ2n) is 3.74. The van der Waals surface area contributed by atoms with Gasteiger partial charge in [-0.25, -0.2) is 0 Å². The summed E-state index contributed by atoms with van der Waals surface area (Å²) in [6.45, 7) is 0. The molecule has 3 heteroatoms. The van der Waals surface area contributed by atoms with Gasteiger partial charge in [0.25, 0.3) is 0 Å². The fraction of sp³-hybridized carbons (Fsp3) is 0.143. The lowest BCUT2D eigenvalue weighted by Crippen LogP contribution is -2.13. The van der Waals surface area contributed by atoms with Gasteiger partial charge in [0, 0.05) is 10.6 Å². The van der Waals surface area contributed by atoms with Crippen molar-refractivity contribution in [2.75, 3.05) is 7.11 Å². The van der Waals surface area contributed by atoms with Crippen LogP contribution in [0.25, 0.3) is 0 Å². The molecule has 0 aliphatic rings. The summed E-state index contributed by atoms with van der Waals surface area (Å²) >= 11 is 6.14. The minimum atomic E-state index is -0.278. The summed E-state index contributed by atoms with van der Waals surface area (Å²) in [6.07, 6.45) is 0. The minimum absolute atomic E-state index is 0.278. The van der Waals surface area contributed by atoms with E-state index in [0.717, 1.165) is 16.9 Å². The lowest BCUT2D eigenvalue weighted by Gasteiger charge is -2.17. The van der Waals surface area contributed by atoms with Gasteiger partial charge in [0.15, 0.2) is 0 Å². The van der Waals surface area contributed by atoms with E-state index in [2.05, 4.69) is 0 Å². The molecule has 1 atom stereocenters. The number of halogens is 1. The molecule has 2 nitrogen and oxygen atoms in total. The SMILES string of the molecule is COc1ccccc1[C@H](N)c1ccccc1Cl. The number of rotatable bonds is 3. The molecule has 0 radical (unpaired) electrons. The first-order chi connectivity index (χ1) is 8.24. The van der Waals surface area contributed by atoms with Crippen molar-refractivity contribution in [2.24, 2.45) is 5.73 Å². The molecule has 2 N–H and O–H groups in total. The van der Waals surface area contributed by atoms with E-state index < -0.39 is 0 Å². The van der Waals surface area contributed by atoms with Gasteiger partial charge in [-0.15, -0.1) is 0 Å². The van der Waals surface area contributed by atoms with Crippen molar-refractivity contribution < 1.29 is 4.74 Å². The Balaban J connectivity index is 2.44. The second-order valence-corrected chi connectivity index (χ2v) is 4.15. The van der Waals surface area contributed by atoms with Gasteiger partial charge in [0.1, 0.15) is 5.75 Å². The number of ether oxygens (including phenoxy) is 1. The topological polar surface area (TPSA) is 35.2 Å². The summed E-state index contributed by atoms with van der Waals surface area (Å²) < 4.78 is 5.30. The zero-order valence-electron chi connectivity index (χ0n) is 9.56. The number of nitrogens with two attached hydrogens (primary N) is 1. The van der Waals surface area contributed by atoms with Crippen molar-refractivity contribution in [3.8, 4) is 5.75 Å². The Kier molecular flexibility index (Phi) is 3.67. The van der Waals surface area contributed by atoms with E-state index in [-0.39, 0.29) is 6.04 Å². The van der Waals surface area contributed by atoms with E-state index >= 15 is 0 Å². The van der Waals surface area contributed by atoms with Crippen LogP contribution in [0.5, 0.6) is 5.75 Å².